The van der Waals surface area contributed by atoms with Crippen molar-refractivity contribution in [1.82, 2.24) is 0 Å². The zero-order valence-corrected chi connectivity index (χ0v) is 16.7. The second-order valence-corrected chi connectivity index (χ2v) is 7.87. The van der Waals surface area contributed by atoms with Crippen LogP contribution in [0.5, 0.6) is 0 Å². The Morgan fingerprint density at radius 1 is 0.964 bits per heavy atom. The minimum atomic E-state index is -0.423. The highest BCUT2D eigenvalue weighted by Crippen LogP contribution is 2.28. The van der Waals surface area contributed by atoms with E-state index < -0.39 is 5.79 Å². The lowest BCUT2D eigenvalue weighted by Crippen LogP contribution is -3.15. The summed E-state index contributed by atoms with van der Waals surface area (Å²) in [6.45, 7) is 7.10. The molecule has 2 saturated heterocycles. The first-order valence-electron chi connectivity index (χ1n) is 10.1. The fraction of sp³-hybridized carbons (Fsp3) is 0.435. The lowest BCUT2D eigenvalue weighted by Gasteiger charge is -2.38. The van der Waals surface area contributed by atoms with Gasteiger partial charge in [-0.15, -0.1) is 0 Å². The Hall–Kier alpha value is -2.21. The van der Waals surface area contributed by atoms with Crippen molar-refractivity contribution >= 4 is 11.6 Å². The predicted octanol–water partition coefficient (Wildman–Crippen LogP) is 2.41. The van der Waals surface area contributed by atoms with Crippen LogP contribution in [-0.2, 0) is 14.3 Å². The minimum Gasteiger partial charge on any atom is -0.347 e. The number of ether oxygens (including phenoxy) is 2. The van der Waals surface area contributed by atoms with Crippen LogP contribution < -0.4 is 10.2 Å². The topological polar surface area (TPSA) is 52.0 Å². The average molecular weight is 381 g/mol. The number of piperidine rings is 1. The Balaban J connectivity index is 1.57. The summed E-state index contributed by atoms with van der Waals surface area (Å²) in [6, 6.07) is 15.9. The summed E-state index contributed by atoms with van der Waals surface area (Å²) in [5, 5.41) is 3.21. The minimum absolute atomic E-state index is 0.0443. The molecule has 28 heavy (non-hydrogen) atoms. The Kier molecular flexibility index (Phi) is 5.49. The van der Waals surface area contributed by atoms with Gasteiger partial charge in [0.25, 0.3) is 5.91 Å². The van der Waals surface area contributed by atoms with Crippen LogP contribution in [0.25, 0.3) is 0 Å². The standard InChI is InChI=1S/C23H28N2O3/c1-17-7-6-8-18(2)20(17)24-22(26)21(19-9-4-3-5-10-19)25-13-11-23(12-14-25)27-15-16-28-23/h3-10,21H,11-16H2,1-2H3,(H,24,26)/p+1. The second-order valence-electron chi connectivity index (χ2n) is 7.87. The van der Waals surface area contributed by atoms with Crippen LogP contribution in [-0.4, -0.2) is 38.0 Å². The summed E-state index contributed by atoms with van der Waals surface area (Å²) >= 11 is 0. The number of hydrogen-bond donors (Lipinski definition) is 2. The molecule has 5 nitrogen and oxygen atoms in total. The van der Waals surface area contributed by atoms with Crippen LogP contribution in [0, 0.1) is 13.8 Å². The predicted molar refractivity (Wildman–Crippen MR) is 108 cm³/mol. The first kappa shape index (κ1) is 19.1. The van der Waals surface area contributed by atoms with E-state index in [1.807, 2.05) is 50.2 Å². The third kappa shape index (κ3) is 3.83. The van der Waals surface area contributed by atoms with Gasteiger partial charge in [-0.3, -0.25) is 4.79 Å². The molecule has 4 rings (SSSR count). The summed E-state index contributed by atoms with van der Waals surface area (Å²) in [5.74, 6) is -0.379. The molecule has 0 aliphatic carbocycles. The molecule has 5 heteroatoms. The van der Waals surface area contributed by atoms with E-state index in [2.05, 4.69) is 17.4 Å². The van der Waals surface area contributed by atoms with Gasteiger partial charge >= 0.3 is 0 Å². The summed E-state index contributed by atoms with van der Waals surface area (Å²) in [7, 11) is 0. The molecule has 148 valence electrons. The Labute approximate surface area is 166 Å². The molecule has 0 aromatic heterocycles. The van der Waals surface area contributed by atoms with E-state index in [9.17, 15) is 4.79 Å². The maximum atomic E-state index is 13.4. The molecule has 1 amide bonds. The van der Waals surface area contributed by atoms with Gasteiger partial charge in [0.2, 0.25) is 0 Å². The van der Waals surface area contributed by atoms with E-state index in [0.29, 0.717) is 13.2 Å². The van der Waals surface area contributed by atoms with Crippen molar-refractivity contribution in [2.75, 3.05) is 31.6 Å². The van der Waals surface area contributed by atoms with Crippen LogP contribution in [0.2, 0.25) is 0 Å². The molecule has 0 radical (unpaired) electrons. The highest BCUT2D eigenvalue weighted by atomic mass is 16.7. The van der Waals surface area contributed by atoms with Gasteiger partial charge in [-0.1, -0.05) is 48.5 Å². The normalized spacial score (nSPS) is 20.2. The molecule has 0 bridgehead atoms. The van der Waals surface area contributed by atoms with E-state index in [1.54, 1.807) is 0 Å². The summed E-state index contributed by atoms with van der Waals surface area (Å²) in [6.07, 6.45) is 1.64. The van der Waals surface area contributed by atoms with Crippen molar-refractivity contribution < 1.29 is 19.2 Å². The van der Waals surface area contributed by atoms with E-state index >= 15 is 0 Å². The molecule has 1 unspecified atom stereocenters. The van der Waals surface area contributed by atoms with Crippen LogP contribution >= 0.6 is 0 Å². The number of nitrogens with one attached hydrogen (secondary N) is 2. The van der Waals surface area contributed by atoms with Gasteiger partial charge in [-0.2, -0.15) is 0 Å². The van der Waals surface area contributed by atoms with E-state index in [4.69, 9.17) is 9.47 Å². The van der Waals surface area contributed by atoms with Crippen LogP contribution in [0.1, 0.15) is 35.6 Å². The van der Waals surface area contributed by atoms with Crippen molar-refractivity contribution in [3.8, 4) is 0 Å². The van der Waals surface area contributed by atoms with Gasteiger partial charge < -0.3 is 19.7 Å². The maximum Gasteiger partial charge on any atom is 0.287 e. The molecule has 2 N–H and O–H groups in total. The summed E-state index contributed by atoms with van der Waals surface area (Å²) in [5.41, 5.74) is 4.13. The zero-order valence-electron chi connectivity index (χ0n) is 16.7. The second kappa shape index (κ2) is 8.03. The number of aryl methyl sites for hydroxylation is 2. The maximum absolute atomic E-state index is 13.4. The zero-order chi connectivity index (χ0) is 19.6. The van der Waals surface area contributed by atoms with Crippen molar-refractivity contribution in [1.29, 1.82) is 0 Å². The lowest BCUT2D eigenvalue weighted by atomic mass is 9.97. The average Bonchev–Trinajstić information content (AvgIpc) is 3.16. The molecule has 2 aromatic carbocycles. The van der Waals surface area contributed by atoms with Crippen molar-refractivity contribution in [3.05, 3.63) is 65.2 Å². The SMILES string of the molecule is Cc1cccc(C)c1NC(=O)C(c1ccccc1)[NH+]1CCC2(CC1)OCCO2. The van der Waals surface area contributed by atoms with Crippen LogP contribution in [0.15, 0.2) is 48.5 Å². The van der Waals surface area contributed by atoms with Crippen molar-refractivity contribution in [3.63, 3.8) is 0 Å². The third-order valence-corrected chi connectivity index (χ3v) is 6.00. The number of likely N-dealkylation sites (tertiary alicyclic amines) is 1. The molecule has 2 aliphatic heterocycles. The molecule has 1 atom stereocenters. The van der Waals surface area contributed by atoms with Gasteiger partial charge in [0.1, 0.15) is 0 Å². The van der Waals surface area contributed by atoms with Gasteiger partial charge in [0.05, 0.1) is 39.1 Å². The van der Waals surface area contributed by atoms with Gasteiger partial charge in [-0.05, 0) is 25.0 Å². The fourth-order valence-electron chi connectivity index (χ4n) is 4.45. The quantitative estimate of drug-likeness (QED) is 0.855. The largest absolute Gasteiger partial charge is 0.347 e. The van der Waals surface area contributed by atoms with Gasteiger partial charge in [0.15, 0.2) is 11.8 Å². The van der Waals surface area contributed by atoms with Gasteiger partial charge in [0, 0.05) is 11.3 Å². The van der Waals surface area contributed by atoms with E-state index in [-0.39, 0.29) is 11.9 Å². The number of quaternary nitrogens is 1. The molecule has 2 aromatic rings. The number of anilines is 1. The van der Waals surface area contributed by atoms with Crippen molar-refractivity contribution in [2.24, 2.45) is 0 Å². The van der Waals surface area contributed by atoms with E-state index in [0.717, 1.165) is 48.3 Å². The summed E-state index contributed by atoms with van der Waals surface area (Å²) < 4.78 is 11.7. The fourth-order valence-corrected chi connectivity index (χ4v) is 4.45. The number of rotatable bonds is 4. The number of hydrogen-bond acceptors (Lipinski definition) is 3. The number of benzene rings is 2. The molecular formula is C23H29N2O3+. The number of carbonyl (C=O) groups excluding carboxylic acids is 1. The van der Waals surface area contributed by atoms with E-state index in [1.165, 1.54) is 4.90 Å². The third-order valence-electron chi connectivity index (χ3n) is 6.00. The lowest BCUT2D eigenvalue weighted by molar-refractivity contribution is -0.930. The molecule has 2 fully saturated rings. The number of para-hydroxylation sites is 1. The first-order chi connectivity index (χ1) is 13.6. The molecule has 0 saturated carbocycles. The highest BCUT2D eigenvalue weighted by Gasteiger charge is 2.45. The monoisotopic (exact) mass is 381 g/mol. The number of amides is 1. The highest BCUT2D eigenvalue weighted by molar-refractivity contribution is 5.95. The van der Waals surface area contributed by atoms with Crippen LogP contribution in [0.4, 0.5) is 5.69 Å². The first-order valence-corrected chi connectivity index (χ1v) is 10.1. The smallest absolute Gasteiger partial charge is 0.287 e. The van der Waals surface area contributed by atoms with Gasteiger partial charge in [-0.25, -0.2) is 0 Å². The number of carbonyl (C=O) groups is 1. The van der Waals surface area contributed by atoms with Crippen LogP contribution in [0.3, 0.4) is 0 Å². The molecule has 2 heterocycles. The Morgan fingerprint density at radius 3 is 2.18 bits per heavy atom. The molecule has 2 aliphatic rings. The van der Waals surface area contributed by atoms with Crippen molar-refractivity contribution in [2.45, 2.75) is 38.5 Å². The summed E-state index contributed by atoms with van der Waals surface area (Å²) in [4.78, 5) is 14.7. The molecular weight excluding hydrogens is 352 g/mol. The Morgan fingerprint density at radius 2 is 1.57 bits per heavy atom. The Bertz CT molecular complexity index is 801. The molecule has 1 spiro atoms.